The quantitative estimate of drug-likeness (QED) is 0.593. The molecule has 0 aromatic heterocycles. The van der Waals surface area contributed by atoms with Gasteiger partial charge in [0.2, 0.25) is 0 Å². The van der Waals surface area contributed by atoms with Crippen molar-refractivity contribution in [2.45, 2.75) is 53.1 Å². The predicted octanol–water partition coefficient (Wildman–Crippen LogP) is 5.28. The maximum atomic E-state index is 12.3. The number of carbonyl (C=O) groups is 2. The molecule has 156 valence electrons. The van der Waals surface area contributed by atoms with Crippen molar-refractivity contribution < 1.29 is 19.1 Å². The van der Waals surface area contributed by atoms with Crippen LogP contribution in [0.5, 0.6) is 5.75 Å². The Morgan fingerprint density at radius 2 is 1.76 bits per heavy atom. The number of esters is 1. The Kier molecular flexibility index (Phi) is 8.09. The number of ether oxygens (including phenoxy) is 2. The van der Waals surface area contributed by atoms with Crippen LogP contribution in [0.3, 0.4) is 0 Å². The summed E-state index contributed by atoms with van der Waals surface area (Å²) >= 11 is 6.19. The lowest BCUT2D eigenvalue weighted by Gasteiger charge is -2.17. The first-order chi connectivity index (χ1) is 13.7. The van der Waals surface area contributed by atoms with Gasteiger partial charge in [-0.15, -0.1) is 0 Å². The van der Waals surface area contributed by atoms with Crippen molar-refractivity contribution in [3.8, 4) is 5.75 Å². The van der Waals surface area contributed by atoms with Crippen molar-refractivity contribution in [3.05, 3.63) is 58.1 Å². The second-order valence-electron chi connectivity index (χ2n) is 7.25. The zero-order chi connectivity index (χ0) is 21.6. The molecule has 5 nitrogen and oxygen atoms in total. The van der Waals surface area contributed by atoms with E-state index in [0.717, 1.165) is 17.5 Å². The largest absolute Gasteiger partial charge is 0.482 e. The standard InChI is InChI=1S/C23H28ClNO4/c1-6-17-7-9-18(10-8-17)25-23(27)16(5)29-22(26)13-28-21-11-15(4)20(24)12-19(21)14(2)3/h7-12,14,16H,6,13H2,1-5H3,(H,25,27)/t16-/m0/s1. The van der Waals surface area contributed by atoms with Gasteiger partial charge in [0.25, 0.3) is 5.91 Å². The summed E-state index contributed by atoms with van der Waals surface area (Å²) in [6.07, 6.45) is -0.0121. The van der Waals surface area contributed by atoms with E-state index in [0.29, 0.717) is 16.5 Å². The van der Waals surface area contributed by atoms with Crippen LogP contribution in [0.1, 0.15) is 50.3 Å². The Hall–Kier alpha value is -2.53. The highest BCUT2D eigenvalue weighted by Crippen LogP contribution is 2.32. The molecule has 0 aliphatic heterocycles. The van der Waals surface area contributed by atoms with Crippen LogP contribution in [0.15, 0.2) is 36.4 Å². The smallest absolute Gasteiger partial charge is 0.344 e. The van der Waals surface area contributed by atoms with Gasteiger partial charge in [0.05, 0.1) is 0 Å². The Labute approximate surface area is 177 Å². The summed E-state index contributed by atoms with van der Waals surface area (Å²) < 4.78 is 10.9. The number of amides is 1. The summed E-state index contributed by atoms with van der Waals surface area (Å²) in [5, 5.41) is 3.39. The highest BCUT2D eigenvalue weighted by Gasteiger charge is 2.19. The van der Waals surface area contributed by atoms with Gasteiger partial charge in [0.1, 0.15) is 5.75 Å². The van der Waals surface area contributed by atoms with Crippen LogP contribution >= 0.6 is 11.6 Å². The maximum Gasteiger partial charge on any atom is 0.344 e. The van der Waals surface area contributed by atoms with Gasteiger partial charge >= 0.3 is 5.97 Å². The second-order valence-corrected chi connectivity index (χ2v) is 7.66. The first-order valence-corrected chi connectivity index (χ1v) is 10.1. The molecule has 6 heteroatoms. The Morgan fingerprint density at radius 3 is 2.34 bits per heavy atom. The number of halogens is 1. The summed E-state index contributed by atoms with van der Waals surface area (Å²) in [6, 6.07) is 11.2. The average Bonchev–Trinajstić information content (AvgIpc) is 2.68. The topological polar surface area (TPSA) is 64.6 Å². The number of hydrogen-bond acceptors (Lipinski definition) is 4. The number of hydrogen-bond donors (Lipinski definition) is 1. The third kappa shape index (κ3) is 6.50. The molecule has 1 amide bonds. The van der Waals surface area contributed by atoms with Crippen LogP contribution in [0, 0.1) is 6.92 Å². The number of nitrogens with one attached hydrogen (secondary N) is 1. The van der Waals surface area contributed by atoms with E-state index in [1.165, 1.54) is 12.5 Å². The van der Waals surface area contributed by atoms with Crippen LogP contribution in [-0.4, -0.2) is 24.6 Å². The zero-order valence-electron chi connectivity index (χ0n) is 17.5. The lowest BCUT2D eigenvalue weighted by molar-refractivity contribution is -0.155. The summed E-state index contributed by atoms with van der Waals surface area (Å²) in [5.41, 5.74) is 3.61. The Morgan fingerprint density at radius 1 is 1.10 bits per heavy atom. The molecule has 1 atom stereocenters. The first kappa shape index (κ1) is 22.8. The minimum absolute atomic E-state index is 0.183. The normalized spacial score (nSPS) is 11.8. The molecular weight excluding hydrogens is 390 g/mol. The molecule has 0 unspecified atom stereocenters. The van der Waals surface area contributed by atoms with E-state index in [4.69, 9.17) is 21.1 Å². The molecule has 2 aromatic carbocycles. The molecule has 2 rings (SSSR count). The molecule has 2 aromatic rings. The minimum atomic E-state index is -0.937. The molecule has 0 aliphatic rings. The van der Waals surface area contributed by atoms with Crippen LogP contribution in [-0.2, 0) is 20.7 Å². The summed E-state index contributed by atoms with van der Waals surface area (Å²) in [7, 11) is 0. The van der Waals surface area contributed by atoms with Gasteiger partial charge < -0.3 is 14.8 Å². The SMILES string of the molecule is CCc1ccc(NC(=O)[C@H](C)OC(=O)COc2cc(C)c(Cl)cc2C(C)C)cc1. The minimum Gasteiger partial charge on any atom is -0.482 e. The van der Waals surface area contributed by atoms with Crippen molar-refractivity contribution in [3.63, 3.8) is 0 Å². The molecule has 0 bridgehead atoms. The van der Waals surface area contributed by atoms with Gasteiger partial charge in [-0.25, -0.2) is 4.79 Å². The summed E-state index contributed by atoms with van der Waals surface area (Å²) in [4.78, 5) is 24.4. The monoisotopic (exact) mass is 417 g/mol. The van der Waals surface area contributed by atoms with Crippen molar-refractivity contribution in [2.24, 2.45) is 0 Å². The number of anilines is 1. The molecule has 0 radical (unpaired) electrons. The molecule has 0 saturated heterocycles. The third-order valence-corrected chi connectivity index (χ3v) is 4.97. The van der Waals surface area contributed by atoms with Crippen molar-refractivity contribution in [1.82, 2.24) is 0 Å². The van der Waals surface area contributed by atoms with E-state index < -0.39 is 18.0 Å². The number of aryl methyl sites for hydroxylation is 2. The van der Waals surface area contributed by atoms with Gasteiger partial charge in [0, 0.05) is 10.7 Å². The zero-order valence-corrected chi connectivity index (χ0v) is 18.3. The van der Waals surface area contributed by atoms with Crippen molar-refractivity contribution in [1.29, 1.82) is 0 Å². The van der Waals surface area contributed by atoms with E-state index in [1.54, 1.807) is 6.07 Å². The fourth-order valence-corrected chi connectivity index (χ4v) is 2.91. The number of carbonyl (C=O) groups excluding carboxylic acids is 2. The maximum absolute atomic E-state index is 12.3. The van der Waals surface area contributed by atoms with E-state index in [2.05, 4.69) is 12.2 Å². The number of benzene rings is 2. The van der Waals surface area contributed by atoms with Gasteiger partial charge in [-0.1, -0.05) is 44.5 Å². The van der Waals surface area contributed by atoms with Crippen LogP contribution in [0.25, 0.3) is 0 Å². The molecule has 1 N–H and O–H groups in total. The predicted molar refractivity (Wildman–Crippen MR) is 116 cm³/mol. The molecular formula is C23H28ClNO4. The number of rotatable bonds is 8. The van der Waals surface area contributed by atoms with Crippen LogP contribution in [0.4, 0.5) is 5.69 Å². The van der Waals surface area contributed by atoms with Gasteiger partial charge in [-0.05, 0) is 67.1 Å². The van der Waals surface area contributed by atoms with Gasteiger partial charge in [0.15, 0.2) is 12.7 Å². The lowest BCUT2D eigenvalue weighted by Crippen LogP contribution is -2.31. The molecule has 0 saturated carbocycles. The average molecular weight is 418 g/mol. The van der Waals surface area contributed by atoms with Crippen LogP contribution < -0.4 is 10.1 Å². The summed E-state index contributed by atoms with van der Waals surface area (Å²) in [5.74, 6) is -0.237. The second kappa shape index (κ2) is 10.3. The first-order valence-electron chi connectivity index (χ1n) is 9.73. The molecule has 0 fully saturated rings. The van der Waals surface area contributed by atoms with Gasteiger partial charge in [-0.2, -0.15) is 0 Å². The van der Waals surface area contributed by atoms with Crippen LogP contribution in [0.2, 0.25) is 5.02 Å². The lowest BCUT2D eigenvalue weighted by atomic mass is 10.0. The molecule has 0 spiro atoms. The van der Waals surface area contributed by atoms with Crippen molar-refractivity contribution in [2.75, 3.05) is 11.9 Å². The fraction of sp³-hybridized carbons (Fsp3) is 0.391. The molecule has 0 heterocycles. The van der Waals surface area contributed by atoms with Crippen molar-refractivity contribution >= 4 is 29.2 Å². The van der Waals surface area contributed by atoms with E-state index >= 15 is 0 Å². The molecule has 0 aliphatic carbocycles. The summed E-state index contributed by atoms with van der Waals surface area (Å²) in [6.45, 7) is 9.21. The van der Waals surface area contributed by atoms with E-state index in [-0.39, 0.29) is 12.5 Å². The highest BCUT2D eigenvalue weighted by atomic mass is 35.5. The molecule has 29 heavy (non-hydrogen) atoms. The fourth-order valence-electron chi connectivity index (χ4n) is 2.74. The highest BCUT2D eigenvalue weighted by molar-refractivity contribution is 6.31. The van der Waals surface area contributed by atoms with E-state index in [1.807, 2.05) is 51.1 Å². The Balaban J connectivity index is 1.91. The van der Waals surface area contributed by atoms with Gasteiger partial charge in [-0.3, -0.25) is 4.79 Å². The third-order valence-electron chi connectivity index (χ3n) is 4.57. The van der Waals surface area contributed by atoms with E-state index in [9.17, 15) is 9.59 Å². The Bertz CT molecular complexity index is 862.